The Morgan fingerprint density at radius 2 is 2.21 bits per heavy atom. The van der Waals surface area contributed by atoms with E-state index in [-0.39, 0.29) is 29.9 Å². The zero-order valence-corrected chi connectivity index (χ0v) is 8.99. The summed E-state index contributed by atoms with van der Waals surface area (Å²) in [7, 11) is 0. The topological polar surface area (TPSA) is 40.5 Å². The van der Waals surface area contributed by atoms with E-state index in [1.54, 1.807) is 0 Å². The van der Waals surface area contributed by atoms with Gasteiger partial charge in [0.2, 0.25) is 5.91 Å². The van der Waals surface area contributed by atoms with Crippen LogP contribution in [0.1, 0.15) is 33.1 Å². The van der Waals surface area contributed by atoms with E-state index in [1.165, 1.54) is 0 Å². The van der Waals surface area contributed by atoms with Crippen LogP contribution in [0.5, 0.6) is 0 Å². The minimum atomic E-state index is 0.0962. The second-order valence-corrected chi connectivity index (χ2v) is 5.26. The first-order chi connectivity index (χ1) is 6.56. The van der Waals surface area contributed by atoms with E-state index in [1.807, 2.05) is 4.90 Å². The van der Waals surface area contributed by atoms with Gasteiger partial charge in [0, 0.05) is 12.5 Å². The highest BCUT2D eigenvalue weighted by molar-refractivity contribution is 5.83. The largest absolute Gasteiger partial charge is 0.394 e. The summed E-state index contributed by atoms with van der Waals surface area (Å²) in [6.45, 7) is 5.24. The highest BCUT2D eigenvalue weighted by Crippen LogP contribution is 2.52. The maximum Gasteiger partial charge on any atom is 0.226 e. The van der Waals surface area contributed by atoms with Crippen LogP contribution >= 0.6 is 0 Å². The lowest BCUT2D eigenvalue weighted by molar-refractivity contribution is -0.134. The molecule has 1 heterocycles. The average Bonchev–Trinajstić information content (AvgIpc) is 2.64. The van der Waals surface area contributed by atoms with Crippen molar-refractivity contribution in [3.63, 3.8) is 0 Å². The molecule has 3 nitrogen and oxygen atoms in total. The number of carbonyl (C=O) groups is 1. The van der Waals surface area contributed by atoms with Crippen molar-refractivity contribution in [2.24, 2.45) is 11.3 Å². The first-order valence-corrected chi connectivity index (χ1v) is 5.47. The van der Waals surface area contributed by atoms with Crippen molar-refractivity contribution in [3.05, 3.63) is 0 Å². The summed E-state index contributed by atoms with van der Waals surface area (Å²) in [6.07, 6.45) is 3.03. The minimum Gasteiger partial charge on any atom is -0.394 e. The van der Waals surface area contributed by atoms with Crippen LogP contribution in [0.4, 0.5) is 0 Å². The summed E-state index contributed by atoms with van der Waals surface area (Å²) < 4.78 is 0. The second kappa shape index (κ2) is 3.23. The number of amides is 1. The number of carbonyl (C=O) groups excluding carboxylic acids is 1. The van der Waals surface area contributed by atoms with E-state index in [2.05, 4.69) is 13.8 Å². The quantitative estimate of drug-likeness (QED) is 0.718. The summed E-state index contributed by atoms with van der Waals surface area (Å²) in [4.78, 5) is 13.9. The zero-order chi connectivity index (χ0) is 10.3. The number of hydrogen-bond donors (Lipinski definition) is 1. The predicted molar refractivity (Wildman–Crippen MR) is 53.7 cm³/mol. The van der Waals surface area contributed by atoms with Gasteiger partial charge in [-0.2, -0.15) is 0 Å². The Balaban J connectivity index is 1.98. The first-order valence-electron chi connectivity index (χ1n) is 5.47. The number of aliphatic hydroxyl groups excluding tert-OH is 1. The molecule has 0 aromatic heterocycles. The van der Waals surface area contributed by atoms with E-state index in [0.717, 1.165) is 25.8 Å². The van der Waals surface area contributed by atoms with E-state index in [4.69, 9.17) is 5.11 Å². The third-order valence-corrected chi connectivity index (χ3v) is 3.68. The molecule has 1 amide bonds. The Morgan fingerprint density at radius 3 is 2.71 bits per heavy atom. The van der Waals surface area contributed by atoms with Gasteiger partial charge in [0.25, 0.3) is 0 Å². The molecule has 2 atom stereocenters. The third kappa shape index (κ3) is 1.54. The number of likely N-dealkylation sites (tertiary alicyclic amines) is 1. The second-order valence-electron chi connectivity index (χ2n) is 5.26. The number of rotatable bonds is 2. The molecule has 1 aliphatic carbocycles. The molecule has 0 radical (unpaired) electrons. The molecule has 2 aliphatic rings. The Hall–Kier alpha value is -0.570. The highest BCUT2D eigenvalue weighted by Gasteiger charge is 2.52. The van der Waals surface area contributed by atoms with Crippen molar-refractivity contribution in [1.82, 2.24) is 4.90 Å². The normalized spacial score (nSPS) is 34.6. The van der Waals surface area contributed by atoms with Crippen molar-refractivity contribution >= 4 is 5.91 Å². The lowest BCUT2D eigenvalue weighted by atomic mass is 10.1. The molecule has 1 N–H and O–H groups in total. The molecule has 0 spiro atoms. The summed E-state index contributed by atoms with van der Waals surface area (Å²) in [5.74, 6) is 0.487. The molecular formula is C11H19NO2. The van der Waals surface area contributed by atoms with Gasteiger partial charge in [0.15, 0.2) is 0 Å². The van der Waals surface area contributed by atoms with E-state index < -0.39 is 0 Å². The fraction of sp³-hybridized carbons (Fsp3) is 0.909. The average molecular weight is 197 g/mol. The Labute approximate surface area is 85.1 Å². The Morgan fingerprint density at radius 1 is 1.57 bits per heavy atom. The molecule has 1 saturated carbocycles. The third-order valence-electron chi connectivity index (χ3n) is 3.68. The molecule has 0 aromatic rings. The first kappa shape index (κ1) is 9.97. The molecular weight excluding hydrogens is 178 g/mol. The van der Waals surface area contributed by atoms with Crippen LogP contribution < -0.4 is 0 Å². The Bertz CT molecular complexity index is 250. The van der Waals surface area contributed by atoms with Crippen molar-refractivity contribution in [1.29, 1.82) is 0 Å². The SMILES string of the molecule is CC1(C)CC1C(=O)N1CCC[C@@H]1CO. The van der Waals surface area contributed by atoms with Crippen LogP contribution in [0.2, 0.25) is 0 Å². The van der Waals surface area contributed by atoms with Crippen LogP contribution in [-0.2, 0) is 4.79 Å². The van der Waals surface area contributed by atoms with Gasteiger partial charge in [0.05, 0.1) is 12.6 Å². The van der Waals surface area contributed by atoms with Crippen LogP contribution in [0.3, 0.4) is 0 Å². The molecule has 3 heteroatoms. The molecule has 2 fully saturated rings. The van der Waals surface area contributed by atoms with E-state index >= 15 is 0 Å². The molecule has 1 aliphatic heterocycles. The van der Waals surface area contributed by atoms with Gasteiger partial charge >= 0.3 is 0 Å². The fourth-order valence-corrected chi connectivity index (χ4v) is 2.40. The minimum absolute atomic E-state index is 0.0962. The highest BCUT2D eigenvalue weighted by atomic mass is 16.3. The van der Waals surface area contributed by atoms with Crippen molar-refractivity contribution in [3.8, 4) is 0 Å². The molecule has 2 rings (SSSR count). The molecule has 14 heavy (non-hydrogen) atoms. The Kier molecular flexibility index (Phi) is 2.30. The van der Waals surface area contributed by atoms with Gasteiger partial charge in [-0.1, -0.05) is 13.8 Å². The monoisotopic (exact) mass is 197 g/mol. The van der Waals surface area contributed by atoms with Crippen molar-refractivity contribution in [2.45, 2.75) is 39.2 Å². The van der Waals surface area contributed by atoms with Crippen molar-refractivity contribution < 1.29 is 9.90 Å². The molecule has 0 bridgehead atoms. The number of nitrogens with zero attached hydrogens (tertiary/aromatic N) is 1. The van der Waals surface area contributed by atoms with Gasteiger partial charge in [-0.3, -0.25) is 4.79 Å². The summed E-state index contributed by atoms with van der Waals surface area (Å²) in [5.41, 5.74) is 0.208. The zero-order valence-electron chi connectivity index (χ0n) is 8.99. The maximum atomic E-state index is 12.0. The number of aliphatic hydroxyl groups is 1. The standard InChI is InChI=1S/C11H19NO2/c1-11(2)6-9(11)10(14)12-5-3-4-8(12)7-13/h8-9,13H,3-7H2,1-2H3/t8-,9?/m1/s1. The lowest BCUT2D eigenvalue weighted by Gasteiger charge is -2.23. The van der Waals surface area contributed by atoms with E-state index in [9.17, 15) is 4.79 Å². The molecule has 0 aromatic carbocycles. The molecule has 1 saturated heterocycles. The molecule has 80 valence electrons. The lowest BCUT2D eigenvalue weighted by Crippen LogP contribution is -2.39. The van der Waals surface area contributed by atoms with Gasteiger partial charge in [-0.05, 0) is 24.7 Å². The summed E-state index contributed by atoms with van der Waals surface area (Å²) in [6, 6.07) is 0.0962. The van der Waals surface area contributed by atoms with Gasteiger partial charge < -0.3 is 10.0 Å². The van der Waals surface area contributed by atoms with Gasteiger partial charge in [-0.25, -0.2) is 0 Å². The van der Waals surface area contributed by atoms with Crippen LogP contribution in [0.25, 0.3) is 0 Å². The smallest absolute Gasteiger partial charge is 0.226 e. The van der Waals surface area contributed by atoms with Crippen LogP contribution in [0.15, 0.2) is 0 Å². The fourth-order valence-electron chi connectivity index (χ4n) is 2.40. The summed E-state index contributed by atoms with van der Waals surface area (Å²) in [5, 5.41) is 9.12. The van der Waals surface area contributed by atoms with E-state index in [0.29, 0.717) is 0 Å². The molecule has 1 unspecified atom stereocenters. The van der Waals surface area contributed by atoms with Crippen LogP contribution in [-0.4, -0.2) is 35.1 Å². The maximum absolute atomic E-state index is 12.0. The predicted octanol–water partition coefficient (Wildman–Crippen LogP) is 1.02. The van der Waals surface area contributed by atoms with Crippen molar-refractivity contribution in [2.75, 3.05) is 13.2 Å². The summed E-state index contributed by atoms with van der Waals surface area (Å²) >= 11 is 0. The van der Waals surface area contributed by atoms with Crippen LogP contribution in [0, 0.1) is 11.3 Å². The van der Waals surface area contributed by atoms with Gasteiger partial charge in [-0.15, -0.1) is 0 Å². The van der Waals surface area contributed by atoms with Gasteiger partial charge in [0.1, 0.15) is 0 Å². The number of hydrogen-bond acceptors (Lipinski definition) is 2.